The van der Waals surface area contributed by atoms with E-state index < -0.39 is 0 Å². The molecule has 0 atom stereocenters. The van der Waals surface area contributed by atoms with Crippen LogP contribution in [0.2, 0.25) is 0 Å². The van der Waals surface area contributed by atoms with Gasteiger partial charge in [0, 0.05) is 29.5 Å². The standard InChI is InChI=1S/C19H17N3O/c1-14-5-2-3-7-18(14)21-16-8-10-17(11-9-16)22-19(23)15-6-4-12-20-13-15/h2-13,21H,1H3,(H,22,23). The fourth-order valence-electron chi connectivity index (χ4n) is 2.21. The van der Waals surface area contributed by atoms with Crippen LogP contribution >= 0.6 is 0 Å². The number of benzene rings is 2. The van der Waals surface area contributed by atoms with Gasteiger partial charge in [0.05, 0.1) is 5.56 Å². The summed E-state index contributed by atoms with van der Waals surface area (Å²) in [6.07, 6.45) is 3.19. The van der Waals surface area contributed by atoms with E-state index in [2.05, 4.69) is 28.6 Å². The largest absolute Gasteiger partial charge is 0.355 e. The number of rotatable bonds is 4. The highest BCUT2D eigenvalue weighted by atomic mass is 16.1. The first kappa shape index (κ1) is 14.8. The van der Waals surface area contributed by atoms with Gasteiger partial charge < -0.3 is 10.6 Å². The van der Waals surface area contributed by atoms with E-state index in [9.17, 15) is 4.79 Å². The number of amides is 1. The molecule has 1 heterocycles. The Bertz CT molecular complexity index is 798. The Morgan fingerprint density at radius 1 is 0.913 bits per heavy atom. The van der Waals surface area contributed by atoms with E-state index in [1.54, 1.807) is 24.5 Å². The van der Waals surface area contributed by atoms with Crippen molar-refractivity contribution in [2.45, 2.75) is 6.92 Å². The summed E-state index contributed by atoms with van der Waals surface area (Å²) in [6.45, 7) is 2.06. The van der Waals surface area contributed by atoms with Gasteiger partial charge in [-0.3, -0.25) is 9.78 Å². The number of hydrogen-bond acceptors (Lipinski definition) is 3. The fraction of sp³-hybridized carbons (Fsp3) is 0.0526. The number of nitrogens with one attached hydrogen (secondary N) is 2. The minimum atomic E-state index is -0.169. The van der Waals surface area contributed by atoms with Gasteiger partial charge in [0.1, 0.15) is 0 Å². The Kier molecular flexibility index (Phi) is 4.34. The maximum absolute atomic E-state index is 12.1. The van der Waals surface area contributed by atoms with Crippen LogP contribution in [0.1, 0.15) is 15.9 Å². The van der Waals surface area contributed by atoms with Crippen LogP contribution in [-0.4, -0.2) is 10.9 Å². The molecule has 1 amide bonds. The van der Waals surface area contributed by atoms with Gasteiger partial charge >= 0.3 is 0 Å². The first-order valence-electron chi connectivity index (χ1n) is 7.36. The molecule has 2 aromatic carbocycles. The van der Waals surface area contributed by atoms with Crippen LogP contribution in [0.15, 0.2) is 73.1 Å². The number of anilines is 3. The summed E-state index contributed by atoms with van der Waals surface area (Å²) in [5.41, 5.74) is 4.50. The lowest BCUT2D eigenvalue weighted by Crippen LogP contribution is -2.11. The van der Waals surface area contributed by atoms with E-state index in [-0.39, 0.29) is 5.91 Å². The second-order valence-electron chi connectivity index (χ2n) is 5.21. The minimum absolute atomic E-state index is 0.169. The smallest absolute Gasteiger partial charge is 0.257 e. The van der Waals surface area contributed by atoms with E-state index in [0.29, 0.717) is 5.56 Å². The van der Waals surface area contributed by atoms with Crippen molar-refractivity contribution in [3.05, 3.63) is 84.2 Å². The number of aryl methyl sites for hydroxylation is 1. The van der Waals surface area contributed by atoms with Crippen molar-refractivity contribution >= 4 is 23.0 Å². The molecule has 4 heteroatoms. The van der Waals surface area contributed by atoms with Crippen LogP contribution in [0.4, 0.5) is 17.1 Å². The van der Waals surface area contributed by atoms with Crippen LogP contribution < -0.4 is 10.6 Å². The Morgan fingerprint density at radius 2 is 1.65 bits per heavy atom. The van der Waals surface area contributed by atoms with E-state index >= 15 is 0 Å². The second-order valence-corrected chi connectivity index (χ2v) is 5.21. The number of nitrogens with zero attached hydrogens (tertiary/aromatic N) is 1. The highest BCUT2D eigenvalue weighted by Crippen LogP contribution is 2.21. The van der Waals surface area contributed by atoms with Gasteiger partial charge in [-0.1, -0.05) is 18.2 Å². The first-order valence-corrected chi connectivity index (χ1v) is 7.36. The Labute approximate surface area is 135 Å². The van der Waals surface area contributed by atoms with Gasteiger partial charge in [-0.05, 0) is 55.0 Å². The molecule has 2 N–H and O–H groups in total. The predicted molar refractivity (Wildman–Crippen MR) is 93.1 cm³/mol. The number of aromatic nitrogens is 1. The number of pyridine rings is 1. The Morgan fingerprint density at radius 3 is 2.35 bits per heavy atom. The first-order chi connectivity index (χ1) is 11.2. The third-order valence-electron chi connectivity index (χ3n) is 3.49. The summed E-state index contributed by atoms with van der Waals surface area (Å²) >= 11 is 0. The van der Waals surface area contributed by atoms with Gasteiger partial charge in [0.15, 0.2) is 0 Å². The second kappa shape index (κ2) is 6.75. The lowest BCUT2D eigenvalue weighted by molar-refractivity contribution is 0.102. The van der Waals surface area contributed by atoms with E-state index in [4.69, 9.17) is 0 Å². The third-order valence-corrected chi connectivity index (χ3v) is 3.49. The summed E-state index contributed by atoms with van der Waals surface area (Å²) in [6, 6.07) is 19.2. The molecule has 3 rings (SSSR count). The van der Waals surface area contributed by atoms with Crippen LogP contribution in [0.5, 0.6) is 0 Å². The molecule has 0 saturated carbocycles. The zero-order valence-corrected chi connectivity index (χ0v) is 12.8. The summed E-state index contributed by atoms with van der Waals surface area (Å²) in [5, 5.41) is 6.22. The van der Waals surface area contributed by atoms with Crippen molar-refractivity contribution in [2.24, 2.45) is 0 Å². The van der Waals surface area contributed by atoms with E-state index in [0.717, 1.165) is 17.1 Å². The van der Waals surface area contributed by atoms with Crippen molar-refractivity contribution < 1.29 is 4.79 Å². The Hall–Kier alpha value is -3.14. The molecular weight excluding hydrogens is 286 g/mol. The van der Waals surface area contributed by atoms with Gasteiger partial charge in [-0.2, -0.15) is 0 Å². The van der Waals surface area contributed by atoms with Gasteiger partial charge in [0.2, 0.25) is 0 Å². The zero-order chi connectivity index (χ0) is 16.1. The summed E-state index contributed by atoms with van der Waals surface area (Å²) in [4.78, 5) is 16.0. The SMILES string of the molecule is Cc1ccccc1Nc1ccc(NC(=O)c2cccnc2)cc1. The quantitative estimate of drug-likeness (QED) is 0.751. The molecule has 0 bridgehead atoms. The van der Waals surface area contributed by atoms with Crippen molar-refractivity contribution in [2.75, 3.05) is 10.6 Å². The van der Waals surface area contributed by atoms with Crippen molar-refractivity contribution in [1.29, 1.82) is 0 Å². The van der Waals surface area contributed by atoms with Crippen molar-refractivity contribution in [3.63, 3.8) is 0 Å². The van der Waals surface area contributed by atoms with Crippen molar-refractivity contribution in [3.8, 4) is 0 Å². The maximum Gasteiger partial charge on any atom is 0.257 e. The normalized spacial score (nSPS) is 10.1. The third kappa shape index (κ3) is 3.74. The molecule has 0 aliphatic heterocycles. The molecule has 23 heavy (non-hydrogen) atoms. The van der Waals surface area contributed by atoms with Crippen LogP contribution in [0.25, 0.3) is 0 Å². The molecule has 0 aliphatic carbocycles. The van der Waals surface area contributed by atoms with Gasteiger partial charge in [-0.15, -0.1) is 0 Å². The lowest BCUT2D eigenvalue weighted by Gasteiger charge is -2.10. The molecule has 3 aromatic rings. The lowest BCUT2D eigenvalue weighted by atomic mass is 10.2. The molecule has 0 aliphatic rings. The molecule has 4 nitrogen and oxygen atoms in total. The predicted octanol–water partition coefficient (Wildman–Crippen LogP) is 4.39. The summed E-state index contributed by atoms with van der Waals surface area (Å²) in [7, 11) is 0. The van der Waals surface area contributed by atoms with Gasteiger partial charge in [-0.25, -0.2) is 0 Å². The molecule has 1 aromatic heterocycles. The van der Waals surface area contributed by atoms with Crippen LogP contribution in [0, 0.1) is 6.92 Å². The fourth-order valence-corrected chi connectivity index (χ4v) is 2.21. The molecule has 0 saturated heterocycles. The molecule has 0 spiro atoms. The maximum atomic E-state index is 12.1. The average Bonchev–Trinajstić information content (AvgIpc) is 2.59. The summed E-state index contributed by atoms with van der Waals surface area (Å²) in [5.74, 6) is -0.169. The number of carbonyl (C=O) groups is 1. The van der Waals surface area contributed by atoms with Crippen LogP contribution in [0.3, 0.4) is 0 Å². The van der Waals surface area contributed by atoms with Gasteiger partial charge in [0.25, 0.3) is 5.91 Å². The molecule has 0 radical (unpaired) electrons. The van der Waals surface area contributed by atoms with E-state index in [1.165, 1.54) is 5.56 Å². The molecule has 0 fully saturated rings. The highest BCUT2D eigenvalue weighted by molar-refractivity contribution is 6.04. The van der Waals surface area contributed by atoms with Crippen molar-refractivity contribution in [1.82, 2.24) is 4.98 Å². The monoisotopic (exact) mass is 303 g/mol. The topological polar surface area (TPSA) is 54.0 Å². The minimum Gasteiger partial charge on any atom is -0.355 e. The van der Waals surface area contributed by atoms with E-state index in [1.807, 2.05) is 42.5 Å². The molecule has 114 valence electrons. The molecule has 0 unspecified atom stereocenters. The Balaban J connectivity index is 1.68. The number of hydrogen-bond donors (Lipinski definition) is 2. The average molecular weight is 303 g/mol. The highest BCUT2D eigenvalue weighted by Gasteiger charge is 2.05. The zero-order valence-electron chi connectivity index (χ0n) is 12.8. The van der Waals surface area contributed by atoms with Crippen LogP contribution in [-0.2, 0) is 0 Å². The summed E-state index contributed by atoms with van der Waals surface area (Å²) < 4.78 is 0. The number of para-hydroxylation sites is 1. The number of carbonyl (C=O) groups excluding carboxylic acids is 1. The molecular formula is C19H17N3O.